The minimum Gasteiger partial charge on any atom is -0.515 e. The first-order chi connectivity index (χ1) is 8.43. The molecule has 1 N–H and O–H groups in total. The molecule has 1 aromatic rings. The van der Waals surface area contributed by atoms with Crippen LogP contribution < -0.4 is 0 Å². The topological polar surface area (TPSA) is 46.5 Å². The van der Waals surface area contributed by atoms with Crippen LogP contribution >= 0.6 is 0 Å². The molecule has 1 rings (SSSR count). The Labute approximate surface area is 99.3 Å². The van der Waals surface area contributed by atoms with Crippen molar-refractivity contribution in [3.05, 3.63) is 41.2 Å². The third-order valence-electron chi connectivity index (χ3n) is 2.02. The molecule has 0 aliphatic rings. The Morgan fingerprint density at radius 2 is 1.89 bits per heavy atom. The second-order valence-electron chi connectivity index (χ2n) is 3.11. The van der Waals surface area contributed by atoms with E-state index < -0.39 is 40.4 Å². The molecule has 3 nitrogen and oxygen atoms in total. The van der Waals surface area contributed by atoms with Crippen LogP contribution in [0.15, 0.2) is 12.3 Å². The monoisotopic (exact) mass is 264 g/mol. The van der Waals surface area contributed by atoms with Crippen molar-refractivity contribution in [2.75, 3.05) is 6.61 Å². The quantitative estimate of drug-likeness (QED) is 0.228. The van der Waals surface area contributed by atoms with E-state index in [4.69, 9.17) is 5.11 Å². The normalized spacial score (nSPS) is 11.5. The van der Waals surface area contributed by atoms with Crippen LogP contribution in [0.25, 0.3) is 5.57 Å². The molecule has 0 fully saturated rings. The van der Waals surface area contributed by atoms with Crippen molar-refractivity contribution >= 4 is 11.5 Å². The predicted octanol–water partition coefficient (Wildman–Crippen LogP) is 2.71. The van der Waals surface area contributed by atoms with E-state index in [1.54, 1.807) is 0 Å². The smallest absolute Gasteiger partial charge is 0.341 e. The summed E-state index contributed by atoms with van der Waals surface area (Å²) in [5, 5.41) is 8.78. The Balaban J connectivity index is 3.36. The maximum atomic E-state index is 13.3. The van der Waals surface area contributed by atoms with E-state index >= 15 is 0 Å². The molecule has 0 amide bonds. The summed E-state index contributed by atoms with van der Waals surface area (Å²) in [6, 6.07) is 0.257. The summed E-state index contributed by atoms with van der Waals surface area (Å²) in [5.74, 6) is -8.75. The van der Waals surface area contributed by atoms with Crippen molar-refractivity contribution in [2.24, 2.45) is 0 Å². The number of benzene rings is 1. The summed E-state index contributed by atoms with van der Waals surface area (Å²) in [4.78, 5) is 11.3. The minimum absolute atomic E-state index is 0.0933. The van der Waals surface area contributed by atoms with Gasteiger partial charge in [-0.05, 0) is 13.0 Å². The van der Waals surface area contributed by atoms with Crippen LogP contribution in [0.1, 0.15) is 12.5 Å². The van der Waals surface area contributed by atoms with Crippen LogP contribution in [0.4, 0.5) is 17.6 Å². The highest BCUT2D eigenvalue weighted by molar-refractivity contribution is 6.16. The van der Waals surface area contributed by atoms with Crippen LogP contribution in [0, 0.1) is 23.3 Å². The molecule has 98 valence electrons. The first-order valence-electron chi connectivity index (χ1n) is 4.78. The van der Waals surface area contributed by atoms with Crippen molar-refractivity contribution in [3.63, 3.8) is 0 Å². The molecule has 0 atom stereocenters. The van der Waals surface area contributed by atoms with E-state index in [1.165, 1.54) is 6.92 Å². The Hall–Kier alpha value is -2.05. The standard InChI is InChI=1S/C11H8F4O3/c1-2-18-11(17)6(4-16)5-3-7(12)9(14)10(15)8(5)13/h3-4,16H,2H2,1H3/b6-4-. The Morgan fingerprint density at radius 1 is 1.28 bits per heavy atom. The molecule has 0 spiro atoms. The molecule has 0 heterocycles. The SMILES string of the molecule is CCOC(=O)/C(=C\O)c1cc(F)c(F)c(F)c1F. The molecule has 0 saturated carbocycles. The van der Waals surface area contributed by atoms with Gasteiger partial charge in [0, 0.05) is 5.56 Å². The second kappa shape index (κ2) is 5.52. The minimum atomic E-state index is -2.08. The maximum absolute atomic E-state index is 13.3. The highest BCUT2D eigenvalue weighted by Gasteiger charge is 2.25. The highest BCUT2D eigenvalue weighted by Crippen LogP contribution is 2.25. The Bertz CT molecular complexity index is 512. The number of aliphatic hydroxyl groups excluding tert-OH is 1. The Morgan fingerprint density at radius 3 is 2.39 bits per heavy atom. The lowest BCUT2D eigenvalue weighted by Crippen LogP contribution is -2.10. The van der Waals surface area contributed by atoms with Gasteiger partial charge in [-0.1, -0.05) is 0 Å². The first kappa shape index (κ1) is 14.0. The number of carbonyl (C=O) groups excluding carboxylic acids is 1. The zero-order valence-corrected chi connectivity index (χ0v) is 9.14. The molecule has 0 aliphatic heterocycles. The summed E-state index contributed by atoms with van der Waals surface area (Å²) >= 11 is 0. The van der Waals surface area contributed by atoms with Gasteiger partial charge < -0.3 is 9.84 Å². The number of hydrogen-bond donors (Lipinski definition) is 1. The van der Waals surface area contributed by atoms with Gasteiger partial charge >= 0.3 is 5.97 Å². The van der Waals surface area contributed by atoms with Crippen molar-refractivity contribution < 1.29 is 32.2 Å². The number of rotatable bonds is 3. The van der Waals surface area contributed by atoms with Crippen LogP contribution in [0.3, 0.4) is 0 Å². The van der Waals surface area contributed by atoms with Gasteiger partial charge in [0.05, 0.1) is 12.9 Å². The molecule has 18 heavy (non-hydrogen) atoms. The lowest BCUT2D eigenvalue weighted by molar-refractivity contribution is -0.136. The number of ether oxygens (including phenoxy) is 1. The third kappa shape index (κ3) is 2.44. The maximum Gasteiger partial charge on any atom is 0.341 e. The zero-order chi connectivity index (χ0) is 13.9. The van der Waals surface area contributed by atoms with Crippen LogP contribution in [0.2, 0.25) is 0 Å². The third-order valence-corrected chi connectivity index (χ3v) is 2.02. The van der Waals surface area contributed by atoms with Gasteiger partial charge in [-0.3, -0.25) is 0 Å². The lowest BCUT2D eigenvalue weighted by Gasteiger charge is -2.08. The number of carbonyl (C=O) groups is 1. The van der Waals surface area contributed by atoms with Gasteiger partial charge in [-0.25, -0.2) is 22.4 Å². The van der Waals surface area contributed by atoms with E-state index in [0.29, 0.717) is 0 Å². The summed E-state index contributed by atoms with van der Waals surface area (Å²) in [5.41, 5.74) is -1.74. The number of hydrogen-bond acceptors (Lipinski definition) is 3. The van der Waals surface area contributed by atoms with Gasteiger partial charge in [-0.2, -0.15) is 0 Å². The number of halogens is 4. The average Bonchev–Trinajstić information content (AvgIpc) is 2.34. The van der Waals surface area contributed by atoms with Gasteiger partial charge in [0.25, 0.3) is 0 Å². The molecule has 7 heteroatoms. The van der Waals surface area contributed by atoms with Crippen molar-refractivity contribution in [2.45, 2.75) is 6.92 Å². The largest absolute Gasteiger partial charge is 0.515 e. The van der Waals surface area contributed by atoms with E-state index in [2.05, 4.69) is 4.74 Å². The van der Waals surface area contributed by atoms with Gasteiger partial charge in [0.15, 0.2) is 23.3 Å². The van der Waals surface area contributed by atoms with Gasteiger partial charge in [0.1, 0.15) is 5.57 Å². The first-order valence-corrected chi connectivity index (χ1v) is 4.78. The molecule has 0 bridgehead atoms. The van der Waals surface area contributed by atoms with E-state index in [1.807, 2.05) is 0 Å². The van der Waals surface area contributed by atoms with Crippen molar-refractivity contribution in [1.29, 1.82) is 0 Å². The Kier molecular flexibility index (Phi) is 4.30. The summed E-state index contributed by atoms with van der Waals surface area (Å²) in [7, 11) is 0. The van der Waals surface area contributed by atoms with E-state index in [9.17, 15) is 22.4 Å². The summed E-state index contributed by atoms with van der Waals surface area (Å²) < 4.78 is 56.4. The summed E-state index contributed by atoms with van der Waals surface area (Å²) in [6.45, 7) is 1.35. The molecule has 0 saturated heterocycles. The van der Waals surface area contributed by atoms with Crippen molar-refractivity contribution in [3.8, 4) is 0 Å². The highest BCUT2D eigenvalue weighted by atomic mass is 19.2. The zero-order valence-electron chi connectivity index (χ0n) is 9.14. The van der Waals surface area contributed by atoms with E-state index in [0.717, 1.165) is 0 Å². The molecule has 1 aromatic carbocycles. The average molecular weight is 264 g/mol. The fourth-order valence-corrected chi connectivity index (χ4v) is 1.21. The van der Waals surface area contributed by atoms with Gasteiger partial charge in [-0.15, -0.1) is 0 Å². The number of esters is 1. The second-order valence-corrected chi connectivity index (χ2v) is 3.11. The molecule has 0 aliphatic carbocycles. The molecule has 0 aromatic heterocycles. The van der Waals surface area contributed by atoms with Crippen LogP contribution in [-0.2, 0) is 9.53 Å². The van der Waals surface area contributed by atoms with Crippen LogP contribution in [-0.4, -0.2) is 17.7 Å². The lowest BCUT2D eigenvalue weighted by atomic mass is 10.1. The molecular weight excluding hydrogens is 256 g/mol. The fraction of sp³-hybridized carbons (Fsp3) is 0.182. The van der Waals surface area contributed by atoms with E-state index in [-0.39, 0.29) is 18.9 Å². The van der Waals surface area contributed by atoms with Crippen molar-refractivity contribution in [1.82, 2.24) is 0 Å². The summed E-state index contributed by atoms with van der Waals surface area (Å²) in [6.07, 6.45) is 0.132. The number of aliphatic hydroxyl groups is 1. The molecule has 0 radical (unpaired) electrons. The fourth-order valence-electron chi connectivity index (χ4n) is 1.21. The van der Waals surface area contributed by atoms with Gasteiger partial charge in [0.2, 0.25) is 0 Å². The molecule has 0 unspecified atom stereocenters. The molecular formula is C11H8F4O3. The predicted molar refractivity (Wildman–Crippen MR) is 53.5 cm³/mol. The van der Waals surface area contributed by atoms with Crippen LogP contribution in [0.5, 0.6) is 0 Å².